The van der Waals surface area contributed by atoms with Crippen LogP contribution in [0.3, 0.4) is 0 Å². The molecule has 1 aromatic carbocycles. The van der Waals surface area contributed by atoms with Crippen molar-refractivity contribution in [2.45, 2.75) is 0 Å². The molecule has 21 heavy (non-hydrogen) atoms. The van der Waals surface area contributed by atoms with Crippen LogP contribution in [-0.2, 0) is 0 Å². The van der Waals surface area contributed by atoms with Crippen molar-refractivity contribution in [3.63, 3.8) is 0 Å². The fourth-order valence-electron chi connectivity index (χ4n) is 1.78. The quantitative estimate of drug-likeness (QED) is 0.702. The first kappa shape index (κ1) is 14.2. The van der Waals surface area contributed by atoms with E-state index in [9.17, 15) is 4.79 Å². The lowest BCUT2D eigenvalue weighted by Gasteiger charge is -2.06. The molecule has 0 saturated heterocycles. The smallest absolute Gasteiger partial charge is 0.268 e. The number of carbonyl (C=O) groups excluding carboxylic acids is 1. The summed E-state index contributed by atoms with van der Waals surface area (Å²) in [6, 6.07) is 5.11. The summed E-state index contributed by atoms with van der Waals surface area (Å²) < 4.78 is 0.694. The summed E-state index contributed by atoms with van der Waals surface area (Å²) in [4.78, 5) is 21.7. The lowest BCUT2D eigenvalue weighted by atomic mass is 10.3. The van der Waals surface area contributed by atoms with Gasteiger partial charge in [0, 0.05) is 21.9 Å². The molecule has 2 aromatic heterocycles. The first-order valence-corrected chi connectivity index (χ1v) is 7.80. The van der Waals surface area contributed by atoms with Gasteiger partial charge in [0.1, 0.15) is 15.2 Å². The van der Waals surface area contributed by atoms with Crippen LogP contribution in [0.4, 0.5) is 11.4 Å². The predicted octanol–water partition coefficient (Wildman–Crippen LogP) is 3.94. The summed E-state index contributed by atoms with van der Waals surface area (Å²) in [7, 11) is 0. The largest absolute Gasteiger partial charge is 0.396 e. The summed E-state index contributed by atoms with van der Waals surface area (Å²) >= 11 is 10.4. The highest BCUT2D eigenvalue weighted by atomic mass is 79.9. The molecule has 0 atom stereocenters. The zero-order valence-corrected chi connectivity index (χ0v) is 13.6. The number of nitrogens with two attached hydrogens (primary N) is 1. The van der Waals surface area contributed by atoms with Crippen LogP contribution in [0.2, 0.25) is 5.02 Å². The molecule has 8 heteroatoms. The average molecular weight is 384 g/mol. The second-order valence-electron chi connectivity index (χ2n) is 4.13. The van der Waals surface area contributed by atoms with Crippen molar-refractivity contribution in [1.82, 2.24) is 9.97 Å². The topological polar surface area (TPSA) is 80.9 Å². The Morgan fingerprint density at radius 1 is 1.33 bits per heavy atom. The van der Waals surface area contributed by atoms with Crippen LogP contribution in [0.15, 0.2) is 35.1 Å². The Morgan fingerprint density at radius 2 is 2.10 bits per heavy atom. The normalized spacial score (nSPS) is 10.8. The number of carbonyl (C=O) groups is 1. The molecule has 106 valence electrons. The molecule has 0 saturated carbocycles. The van der Waals surface area contributed by atoms with Gasteiger partial charge >= 0.3 is 0 Å². The number of thiophene rings is 1. The number of nitrogens with zero attached hydrogens (tertiary/aromatic N) is 2. The van der Waals surface area contributed by atoms with Gasteiger partial charge in [0.25, 0.3) is 5.91 Å². The van der Waals surface area contributed by atoms with Crippen LogP contribution in [0.1, 0.15) is 9.67 Å². The first-order valence-electron chi connectivity index (χ1n) is 5.81. The molecule has 0 radical (unpaired) electrons. The highest BCUT2D eigenvalue weighted by molar-refractivity contribution is 9.10. The van der Waals surface area contributed by atoms with E-state index in [1.165, 1.54) is 11.3 Å². The lowest BCUT2D eigenvalue weighted by molar-refractivity contribution is 0.103. The molecule has 1 amide bonds. The van der Waals surface area contributed by atoms with Crippen LogP contribution in [0.25, 0.3) is 10.3 Å². The van der Waals surface area contributed by atoms with Crippen LogP contribution in [0, 0.1) is 0 Å². The van der Waals surface area contributed by atoms with Crippen molar-refractivity contribution in [3.8, 4) is 0 Å². The lowest BCUT2D eigenvalue weighted by Crippen LogP contribution is -2.12. The SMILES string of the molecule is Nc1c(C(=O)Nc2ccc(Cl)cc2Br)sc2nccnc12. The number of nitrogens with one attached hydrogen (secondary N) is 1. The van der Waals surface area contributed by atoms with Crippen molar-refractivity contribution >= 4 is 66.5 Å². The highest BCUT2D eigenvalue weighted by Gasteiger charge is 2.18. The Morgan fingerprint density at radius 3 is 2.81 bits per heavy atom. The Labute approximate surface area is 137 Å². The van der Waals surface area contributed by atoms with Crippen LogP contribution >= 0.6 is 38.9 Å². The molecule has 0 bridgehead atoms. The van der Waals surface area contributed by atoms with Crippen LogP contribution in [-0.4, -0.2) is 15.9 Å². The van der Waals surface area contributed by atoms with Crippen LogP contribution in [0.5, 0.6) is 0 Å². The minimum Gasteiger partial charge on any atom is -0.396 e. The van der Waals surface area contributed by atoms with E-state index in [0.717, 1.165) is 0 Å². The molecule has 3 aromatic rings. The summed E-state index contributed by atoms with van der Waals surface area (Å²) in [5.41, 5.74) is 7.47. The fourth-order valence-corrected chi connectivity index (χ4v) is 3.48. The molecule has 0 fully saturated rings. The molecule has 2 heterocycles. The molecule has 0 aliphatic carbocycles. The summed E-state index contributed by atoms with van der Waals surface area (Å²) in [5.74, 6) is -0.305. The van der Waals surface area contributed by atoms with Crippen molar-refractivity contribution in [2.24, 2.45) is 0 Å². The minimum absolute atomic E-state index is 0.305. The van der Waals surface area contributed by atoms with E-state index in [4.69, 9.17) is 17.3 Å². The van der Waals surface area contributed by atoms with Gasteiger partial charge in [-0.05, 0) is 34.1 Å². The van der Waals surface area contributed by atoms with Crippen molar-refractivity contribution < 1.29 is 4.79 Å². The van der Waals surface area contributed by atoms with E-state index < -0.39 is 0 Å². The number of rotatable bonds is 2. The third-order valence-corrected chi connectivity index (χ3v) is 4.74. The molecular weight excluding hydrogens is 376 g/mol. The number of nitrogen functional groups attached to an aromatic ring is 1. The Kier molecular flexibility index (Phi) is 3.79. The van der Waals surface area contributed by atoms with Gasteiger partial charge in [0.2, 0.25) is 0 Å². The highest BCUT2D eigenvalue weighted by Crippen LogP contribution is 2.32. The van der Waals surface area contributed by atoms with E-state index in [1.807, 2.05) is 0 Å². The molecule has 5 nitrogen and oxygen atoms in total. The zero-order chi connectivity index (χ0) is 15.0. The van der Waals surface area contributed by atoms with Gasteiger partial charge in [0.15, 0.2) is 0 Å². The third-order valence-electron chi connectivity index (χ3n) is 2.75. The molecule has 3 N–H and O–H groups in total. The van der Waals surface area contributed by atoms with Crippen molar-refractivity contribution in [2.75, 3.05) is 11.1 Å². The molecule has 3 rings (SSSR count). The van der Waals surface area contributed by atoms with Gasteiger partial charge in [-0.15, -0.1) is 11.3 Å². The predicted molar refractivity (Wildman–Crippen MR) is 88.9 cm³/mol. The monoisotopic (exact) mass is 382 g/mol. The van der Waals surface area contributed by atoms with E-state index in [0.29, 0.717) is 36.1 Å². The maximum absolute atomic E-state index is 12.4. The van der Waals surface area contributed by atoms with Crippen LogP contribution < -0.4 is 11.1 Å². The summed E-state index contributed by atoms with van der Waals surface area (Å²) in [6.45, 7) is 0. The summed E-state index contributed by atoms with van der Waals surface area (Å²) in [6.07, 6.45) is 3.11. The summed E-state index contributed by atoms with van der Waals surface area (Å²) in [5, 5.41) is 3.36. The van der Waals surface area contributed by atoms with E-state index in [-0.39, 0.29) is 5.91 Å². The van der Waals surface area contributed by atoms with E-state index >= 15 is 0 Å². The standard InChI is InChI=1S/C13H8BrClN4OS/c14-7-5-6(15)1-2-8(7)19-12(20)11-9(16)10-13(21-11)18-4-3-17-10/h1-5H,16H2,(H,19,20). The Balaban J connectivity index is 1.95. The molecular formula is C13H8BrClN4OS. The zero-order valence-electron chi connectivity index (χ0n) is 10.4. The number of aromatic nitrogens is 2. The fraction of sp³-hybridized carbons (Fsp3) is 0. The number of amides is 1. The number of hydrogen-bond acceptors (Lipinski definition) is 5. The van der Waals surface area contributed by atoms with E-state index in [1.54, 1.807) is 30.6 Å². The van der Waals surface area contributed by atoms with Gasteiger partial charge in [-0.2, -0.15) is 0 Å². The van der Waals surface area contributed by atoms with E-state index in [2.05, 4.69) is 31.2 Å². The molecule has 0 aliphatic heterocycles. The number of anilines is 2. The number of halogens is 2. The van der Waals surface area contributed by atoms with Gasteiger partial charge < -0.3 is 11.1 Å². The minimum atomic E-state index is -0.305. The molecule has 0 spiro atoms. The second kappa shape index (κ2) is 5.59. The van der Waals surface area contributed by atoms with Crippen molar-refractivity contribution in [3.05, 3.63) is 45.0 Å². The Bertz CT molecular complexity index is 851. The number of hydrogen-bond donors (Lipinski definition) is 2. The maximum atomic E-state index is 12.4. The van der Waals surface area contributed by atoms with Gasteiger partial charge in [-0.3, -0.25) is 4.79 Å². The third kappa shape index (κ3) is 2.72. The molecule has 0 unspecified atom stereocenters. The maximum Gasteiger partial charge on any atom is 0.268 e. The number of fused-ring (bicyclic) bond motifs is 1. The molecule has 0 aliphatic rings. The number of benzene rings is 1. The van der Waals surface area contributed by atoms with Gasteiger partial charge in [0.05, 0.1) is 11.4 Å². The van der Waals surface area contributed by atoms with Gasteiger partial charge in [-0.25, -0.2) is 9.97 Å². The Hall–Kier alpha value is -1.70. The first-order chi connectivity index (χ1) is 10.1. The van der Waals surface area contributed by atoms with Gasteiger partial charge in [-0.1, -0.05) is 11.6 Å². The average Bonchev–Trinajstić information content (AvgIpc) is 2.80. The second-order valence-corrected chi connectivity index (χ2v) is 6.42. The van der Waals surface area contributed by atoms with Crippen molar-refractivity contribution in [1.29, 1.82) is 0 Å².